The molecule has 0 radical (unpaired) electrons. The zero-order valence-corrected chi connectivity index (χ0v) is 9.15. The van der Waals surface area contributed by atoms with E-state index in [1.165, 1.54) is 10.6 Å². The minimum atomic E-state index is -1.05. The van der Waals surface area contributed by atoms with Crippen molar-refractivity contribution in [1.29, 1.82) is 0 Å². The molecule has 1 rings (SSSR count). The summed E-state index contributed by atoms with van der Waals surface area (Å²) in [6, 6.07) is 4.71. The van der Waals surface area contributed by atoms with Crippen molar-refractivity contribution in [3.05, 3.63) is 34.2 Å². The number of carboxylic acids is 1. The SMILES string of the molecule is CCn1c(C(C)(C)C(=O)O)cccc1=O. The number of hydrogen-bond donors (Lipinski definition) is 1. The molecule has 0 amide bonds. The first-order valence-corrected chi connectivity index (χ1v) is 4.85. The van der Waals surface area contributed by atoms with Crippen LogP contribution >= 0.6 is 0 Å². The van der Waals surface area contributed by atoms with Crippen LogP contribution in [-0.2, 0) is 16.8 Å². The summed E-state index contributed by atoms with van der Waals surface area (Å²) in [6.07, 6.45) is 0. The number of carboxylic acid groups (broad SMARTS) is 1. The monoisotopic (exact) mass is 209 g/mol. The lowest BCUT2D eigenvalue weighted by molar-refractivity contribution is -0.142. The summed E-state index contributed by atoms with van der Waals surface area (Å²) in [5, 5.41) is 9.09. The average Bonchev–Trinajstić information content (AvgIpc) is 2.17. The van der Waals surface area contributed by atoms with Crippen molar-refractivity contribution in [3.8, 4) is 0 Å². The molecule has 0 aliphatic carbocycles. The fraction of sp³-hybridized carbons (Fsp3) is 0.455. The Bertz CT molecular complexity index is 432. The molecule has 4 heteroatoms. The average molecular weight is 209 g/mol. The van der Waals surface area contributed by atoms with E-state index in [-0.39, 0.29) is 5.56 Å². The van der Waals surface area contributed by atoms with Crippen LogP contribution in [0.3, 0.4) is 0 Å². The summed E-state index contributed by atoms with van der Waals surface area (Å²) in [7, 11) is 0. The highest BCUT2D eigenvalue weighted by Crippen LogP contribution is 2.21. The second-order valence-electron chi connectivity index (χ2n) is 3.92. The van der Waals surface area contributed by atoms with E-state index in [0.29, 0.717) is 12.2 Å². The molecule has 0 aliphatic heterocycles. The first-order chi connectivity index (χ1) is 6.91. The normalized spacial score (nSPS) is 11.4. The number of nitrogens with zero attached hydrogens (tertiary/aromatic N) is 1. The van der Waals surface area contributed by atoms with Gasteiger partial charge in [0.2, 0.25) is 0 Å². The van der Waals surface area contributed by atoms with Crippen molar-refractivity contribution >= 4 is 5.97 Å². The van der Waals surface area contributed by atoms with Crippen LogP contribution in [-0.4, -0.2) is 15.6 Å². The van der Waals surface area contributed by atoms with E-state index in [2.05, 4.69) is 0 Å². The maximum atomic E-state index is 11.5. The molecule has 0 bridgehead atoms. The predicted octanol–water partition coefficient (Wildman–Crippen LogP) is 1.23. The van der Waals surface area contributed by atoms with Crippen LogP contribution in [0.15, 0.2) is 23.0 Å². The number of hydrogen-bond acceptors (Lipinski definition) is 2. The van der Waals surface area contributed by atoms with Crippen molar-refractivity contribution in [3.63, 3.8) is 0 Å². The van der Waals surface area contributed by atoms with Crippen molar-refractivity contribution in [1.82, 2.24) is 4.57 Å². The molecular weight excluding hydrogens is 194 g/mol. The molecule has 1 aromatic heterocycles. The molecule has 0 aromatic carbocycles. The Morgan fingerprint density at radius 1 is 1.47 bits per heavy atom. The van der Waals surface area contributed by atoms with E-state index in [4.69, 9.17) is 5.11 Å². The largest absolute Gasteiger partial charge is 0.481 e. The second-order valence-corrected chi connectivity index (χ2v) is 3.92. The van der Waals surface area contributed by atoms with Gasteiger partial charge in [-0.2, -0.15) is 0 Å². The van der Waals surface area contributed by atoms with Crippen LogP contribution in [0.4, 0.5) is 0 Å². The maximum Gasteiger partial charge on any atom is 0.315 e. The Hall–Kier alpha value is -1.58. The molecule has 0 unspecified atom stereocenters. The molecule has 0 saturated carbocycles. The number of carbonyl (C=O) groups is 1. The van der Waals surface area contributed by atoms with Gasteiger partial charge < -0.3 is 9.67 Å². The summed E-state index contributed by atoms with van der Waals surface area (Å²) in [4.78, 5) is 22.6. The van der Waals surface area contributed by atoms with Gasteiger partial charge in [0.25, 0.3) is 5.56 Å². The third-order valence-corrected chi connectivity index (χ3v) is 2.54. The molecule has 82 valence electrons. The molecular formula is C11H15NO3. The van der Waals surface area contributed by atoms with Gasteiger partial charge in [-0.15, -0.1) is 0 Å². The molecule has 0 fully saturated rings. The Labute approximate surface area is 88.2 Å². The van der Waals surface area contributed by atoms with Crippen molar-refractivity contribution in [2.24, 2.45) is 0 Å². The van der Waals surface area contributed by atoms with E-state index in [1.54, 1.807) is 26.0 Å². The lowest BCUT2D eigenvalue weighted by Crippen LogP contribution is -2.36. The van der Waals surface area contributed by atoms with Crippen LogP contribution < -0.4 is 5.56 Å². The summed E-state index contributed by atoms with van der Waals surface area (Å²) in [5.74, 6) is -0.935. The number of pyridine rings is 1. The fourth-order valence-corrected chi connectivity index (χ4v) is 1.50. The lowest BCUT2D eigenvalue weighted by Gasteiger charge is -2.23. The molecule has 4 nitrogen and oxygen atoms in total. The van der Waals surface area contributed by atoms with E-state index in [1.807, 2.05) is 6.92 Å². The van der Waals surface area contributed by atoms with E-state index in [9.17, 15) is 9.59 Å². The Morgan fingerprint density at radius 3 is 2.53 bits per heavy atom. The summed E-state index contributed by atoms with van der Waals surface area (Å²) >= 11 is 0. The molecule has 0 saturated heterocycles. The van der Waals surface area contributed by atoms with Gasteiger partial charge in [0.05, 0.1) is 0 Å². The standard InChI is InChI=1S/C11H15NO3/c1-4-12-8(6-5-7-9(12)13)11(2,3)10(14)15/h5-7H,4H2,1-3H3,(H,14,15). The molecule has 0 spiro atoms. The quantitative estimate of drug-likeness (QED) is 0.814. The van der Waals surface area contributed by atoms with Crippen LogP contribution in [0.1, 0.15) is 26.5 Å². The van der Waals surface area contributed by atoms with Gasteiger partial charge in [0.15, 0.2) is 0 Å². The molecule has 15 heavy (non-hydrogen) atoms. The summed E-state index contributed by atoms with van der Waals surface area (Å²) in [6.45, 7) is 5.49. The highest BCUT2D eigenvalue weighted by Gasteiger charge is 2.31. The summed E-state index contributed by atoms with van der Waals surface area (Å²) < 4.78 is 1.48. The Kier molecular flexibility index (Phi) is 2.98. The lowest BCUT2D eigenvalue weighted by atomic mass is 9.88. The fourth-order valence-electron chi connectivity index (χ4n) is 1.50. The third-order valence-electron chi connectivity index (χ3n) is 2.54. The van der Waals surface area contributed by atoms with Gasteiger partial charge in [-0.1, -0.05) is 6.07 Å². The van der Waals surface area contributed by atoms with Crippen LogP contribution in [0.5, 0.6) is 0 Å². The first kappa shape index (κ1) is 11.5. The molecule has 0 atom stereocenters. The van der Waals surface area contributed by atoms with Gasteiger partial charge in [0, 0.05) is 18.3 Å². The maximum absolute atomic E-state index is 11.5. The van der Waals surface area contributed by atoms with Gasteiger partial charge in [0.1, 0.15) is 5.41 Å². The van der Waals surface area contributed by atoms with E-state index < -0.39 is 11.4 Å². The van der Waals surface area contributed by atoms with Crippen LogP contribution in [0.25, 0.3) is 0 Å². The highest BCUT2D eigenvalue weighted by atomic mass is 16.4. The van der Waals surface area contributed by atoms with Gasteiger partial charge >= 0.3 is 5.97 Å². The number of rotatable bonds is 3. The first-order valence-electron chi connectivity index (χ1n) is 4.85. The Morgan fingerprint density at radius 2 is 2.07 bits per heavy atom. The van der Waals surface area contributed by atoms with Gasteiger partial charge in [-0.05, 0) is 26.8 Å². The molecule has 1 N–H and O–H groups in total. The van der Waals surface area contributed by atoms with Crippen LogP contribution in [0, 0.1) is 0 Å². The molecule has 1 heterocycles. The zero-order valence-electron chi connectivity index (χ0n) is 9.15. The van der Waals surface area contributed by atoms with Crippen LogP contribution in [0.2, 0.25) is 0 Å². The number of aromatic nitrogens is 1. The van der Waals surface area contributed by atoms with Gasteiger partial charge in [-0.25, -0.2) is 0 Å². The Balaban J connectivity index is 3.44. The predicted molar refractivity (Wildman–Crippen MR) is 57.0 cm³/mol. The molecule has 1 aromatic rings. The second kappa shape index (κ2) is 3.88. The van der Waals surface area contributed by atoms with Crippen molar-refractivity contribution in [2.75, 3.05) is 0 Å². The van der Waals surface area contributed by atoms with Crippen molar-refractivity contribution < 1.29 is 9.90 Å². The highest BCUT2D eigenvalue weighted by molar-refractivity contribution is 5.79. The smallest absolute Gasteiger partial charge is 0.315 e. The van der Waals surface area contributed by atoms with E-state index in [0.717, 1.165) is 0 Å². The van der Waals surface area contributed by atoms with E-state index >= 15 is 0 Å². The minimum Gasteiger partial charge on any atom is -0.481 e. The van der Waals surface area contributed by atoms with Crippen molar-refractivity contribution in [2.45, 2.75) is 32.7 Å². The minimum absolute atomic E-state index is 0.163. The topological polar surface area (TPSA) is 59.3 Å². The number of aliphatic carboxylic acids is 1. The zero-order chi connectivity index (χ0) is 11.6. The third kappa shape index (κ3) is 1.93. The summed E-state index contributed by atoms with van der Waals surface area (Å²) in [5.41, 5.74) is -0.675. The molecule has 0 aliphatic rings. The van der Waals surface area contributed by atoms with Gasteiger partial charge in [-0.3, -0.25) is 9.59 Å².